The number of methoxy groups -OCH3 is 1. The van der Waals surface area contributed by atoms with E-state index < -0.39 is 14.9 Å². The molecular formula is C14H13BrN2O5S. The van der Waals surface area contributed by atoms with Gasteiger partial charge in [-0.1, -0.05) is 15.9 Å². The average molecular weight is 401 g/mol. The third kappa shape index (κ3) is 3.80. The molecule has 0 unspecified atom stereocenters. The summed E-state index contributed by atoms with van der Waals surface area (Å²) < 4.78 is 33.4. The SMILES string of the molecule is COc1ccc([N+](=O)[O-])cc1S(=O)(=O)Nc1ccc(Br)cc1C. The van der Waals surface area contributed by atoms with Crippen LogP contribution in [0.15, 0.2) is 45.8 Å². The van der Waals surface area contributed by atoms with Crippen molar-refractivity contribution in [2.45, 2.75) is 11.8 Å². The minimum atomic E-state index is -4.04. The number of anilines is 1. The molecule has 2 rings (SSSR count). The van der Waals surface area contributed by atoms with Crippen molar-refractivity contribution in [1.29, 1.82) is 0 Å². The maximum absolute atomic E-state index is 12.6. The highest BCUT2D eigenvalue weighted by molar-refractivity contribution is 9.10. The van der Waals surface area contributed by atoms with Crippen LogP contribution in [0.1, 0.15) is 5.56 Å². The van der Waals surface area contributed by atoms with E-state index in [4.69, 9.17) is 4.74 Å². The standard InChI is InChI=1S/C14H13BrN2O5S/c1-9-7-10(15)3-5-12(9)16-23(20,21)14-8-11(17(18)19)4-6-13(14)22-2/h3-8,16H,1-2H3. The number of sulfonamides is 1. The Kier molecular flexibility index (Phi) is 4.90. The van der Waals surface area contributed by atoms with Crippen LogP contribution in [0.5, 0.6) is 5.75 Å². The topological polar surface area (TPSA) is 98.5 Å². The van der Waals surface area contributed by atoms with E-state index in [1.54, 1.807) is 25.1 Å². The lowest BCUT2D eigenvalue weighted by atomic mass is 10.2. The van der Waals surface area contributed by atoms with Gasteiger partial charge in [-0.3, -0.25) is 14.8 Å². The fourth-order valence-corrected chi connectivity index (χ4v) is 3.73. The number of hydrogen-bond donors (Lipinski definition) is 1. The van der Waals surface area contributed by atoms with Gasteiger partial charge in [0.2, 0.25) is 0 Å². The van der Waals surface area contributed by atoms with Gasteiger partial charge in [0.25, 0.3) is 15.7 Å². The predicted octanol–water partition coefficient (Wildman–Crippen LogP) is 3.48. The number of nitro benzene ring substituents is 1. The molecule has 7 nitrogen and oxygen atoms in total. The fraction of sp³-hybridized carbons (Fsp3) is 0.143. The Morgan fingerprint density at radius 2 is 1.91 bits per heavy atom. The van der Waals surface area contributed by atoms with Gasteiger partial charge in [0, 0.05) is 16.6 Å². The maximum Gasteiger partial charge on any atom is 0.271 e. The minimum Gasteiger partial charge on any atom is -0.495 e. The summed E-state index contributed by atoms with van der Waals surface area (Å²) in [5.41, 5.74) is 0.743. The van der Waals surface area contributed by atoms with Gasteiger partial charge in [-0.25, -0.2) is 8.42 Å². The number of hydrogen-bond acceptors (Lipinski definition) is 5. The van der Waals surface area contributed by atoms with Crippen molar-refractivity contribution >= 4 is 37.3 Å². The van der Waals surface area contributed by atoms with E-state index in [9.17, 15) is 18.5 Å². The van der Waals surface area contributed by atoms with Crippen molar-refractivity contribution in [1.82, 2.24) is 0 Å². The van der Waals surface area contributed by atoms with Gasteiger partial charge in [0.05, 0.1) is 17.7 Å². The van der Waals surface area contributed by atoms with Gasteiger partial charge in [-0.15, -0.1) is 0 Å². The lowest BCUT2D eigenvalue weighted by Gasteiger charge is -2.13. The second-order valence-electron chi connectivity index (χ2n) is 4.66. The van der Waals surface area contributed by atoms with E-state index in [0.29, 0.717) is 11.3 Å². The normalized spacial score (nSPS) is 11.1. The molecule has 0 fully saturated rings. The molecule has 9 heteroatoms. The molecule has 0 aliphatic rings. The smallest absolute Gasteiger partial charge is 0.271 e. The number of ether oxygens (including phenoxy) is 1. The number of aryl methyl sites for hydroxylation is 1. The second kappa shape index (κ2) is 6.55. The molecule has 122 valence electrons. The van der Waals surface area contributed by atoms with Crippen molar-refractivity contribution in [3.63, 3.8) is 0 Å². The van der Waals surface area contributed by atoms with Crippen LogP contribution in [0.25, 0.3) is 0 Å². The summed E-state index contributed by atoms with van der Waals surface area (Å²) in [4.78, 5) is 9.92. The van der Waals surface area contributed by atoms with E-state index in [-0.39, 0.29) is 16.3 Å². The summed E-state index contributed by atoms with van der Waals surface area (Å²) in [7, 11) is -2.75. The number of nitrogens with zero attached hydrogens (tertiary/aromatic N) is 1. The quantitative estimate of drug-likeness (QED) is 0.611. The summed E-state index contributed by atoms with van der Waals surface area (Å²) in [6.45, 7) is 1.74. The zero-order valence-electron chi connectivity index (χ0n) is 12.2. The van der Waals surface area contributed by atoms with Crippen molar-refractivity contribution in [2.75, 3.05) is 11.8 Å². The number of benzene rings is 2. The zero-order chi connectivity index (χ0) is 17.2. The van der Waals surface area contributed by atoms with Crippen molar-refractivity contribution in [3.8, 4) is 5.75 Å². The molecule has 0 spiro atoms. The predicted molar refractivity (Wildman–Crippen MR) is 89.3 cm³/mol. The van der Waals surface area contributed by atoms with Gasteiger partial charge in [0.1, 0.15) is 10.6 Å². The summed E-state index contributed by atoms with van der Waals surface area (Å²) in [5, 5.41) is 10.9. The average Bonchev–Trinajstić information content (AvgIpc) is 2.49. The van der Waals surface area contributed by atoms with Gasteiger partial charge in [0.15, 0.2) is 0 Å². The Labute approximate surface area is 141 Å². The lowest BCUT2D eigenvalue weighted by Crippen LogP contribution is -2.15. The molecule has 0 aliphatic carbocycles. The van der Waals surface area contributed by atoms with E-state index in [2.05, 4.69) is 20.7 Å². The molecule has 0 saturated heterocycles. The van der Waals surface area contributed by atoms with Crippen molar-refractivity contribution in [2.24, 2.45) is 0 Å². The minimum absolute atomic E-state index is 0.0258. The van der Waals surface area contributed by atoms with Gasteiger partial charge in [-0.2, -0.15) is 0 Å². The van der Waals surface area contributed by atoms with E-state index in [0.717, 1.165) is 10.5 Å². The molecule has 0 aliphatic heterocycles. The van der Waals surface area contributed by atoms with Crippen LogP contribution >= 0.6 is 15.9 Å². The van der Waals surface area contributed by atoms with E-state index in [1.165, 1.54) is 19.2 Å². The number of rotatable bonds is 5. The van der Waals surface area contributed by atoms with Crippen LogP contribution in [-0.4, -0.2) is 20.5 Å². The summed E-state index contributed by atoms with van der Waals surface area (Å²) >= 11 is 3.30. The molecule has 2 aromatic rings. The monoisotopic (exact) mass is 400 g/mol. The van der Waals surface area contributed by atoms with Crippen molar-refractivity contribution in [3.05, 3.63) is 56.5 Å². The Morgan fingerprint density at radius 3 is 2.48 bits per heavy atom. The van der Waals surface area contributed by atoms with Crippen LogP contribution < -0.4 is 9.46 Å². The first-order valence-corrected chi connectivity index (χ1v) is 8.63. The summed E-state index contributed by atoms with van der Waals surface area (Å²) in [6, 6.07) is 8.44. The Morgan fingerprint density at radius 1 is 1.22 bits per heavy atom. The van der Waals surface area contributed by atoms with Crippen LogP contribution in [0.3, 0.4) is 0 Å². The number of non-ortho nitro benzene ring substituents is 1. The first-order chi connectivity index (χ1) is 10.7. The second-order valence-corrected chi connectivity index (χ2v) is 7.22. The van der Waals surface area contributed by atoms with E-state index in [1.807, 2.05) is 0 Å². The molecule has 0 heterocycles. The van der Waals surface area contributed by atoms with Crippen LogP contribution in [0.2, 0.25) is 0 Å². The Balaban J connectivity index is 2.50. The molecule has 1 N–H and O–H groups in total. The highest BCUT2D eigenvalue weighted by Gasteiger charge is 2.23. The molecule has 0 radical (unpaired) electrons. The molecule has 0 saturated carbocycles. The molecule has 0 atom stereocenters. The number of nitro groups is 1. The zero-order valence-corrected chi connectivity index (χ0v) is 14.6. The highest BCUT2D eigenvalue weighted by Crippen LogP contribution is 2.30. The van der Waals surface area contributed by atoms with Crippen molar-refractivity contribution < 1.29 is 18.1 Å². The van der Waals surface area contributed by atoms with Crippen LogP contribution in [0, 0.1) is 17.0 Å². The number of nitrogens with one attached hydrogen (secondary N) is 1. The third-order valence-corrected chi connectivity index (χ3v) is 4.96. The highest BCUT2D eigenvalue weighted by atomic mass is 79.9. The molecular weight excluding hydrogens is 388 g/mol. The van der Waals surface area contributed by atoms with Gasteiger partial charge >= 0.3 is 0 Å². The lowest BCUT2D eigenvalue weighted by molar-refractivity contribution is -0.385. The largest absolute Gasteiger partial charge is 0.495 e. The molecule has 0 amide bonds. The van der Waals surface area contributed by atoms with E-state index >= 15 is 0 Å². The Bertz CT molecular complexity index is 867. The summed E-state index contributed by atoms with van der Waals surface area (Å²) in [5.74, 6) is 0.0258. The summed E-state index contributed by atoms with van der Waals surface area (Å²) in [6.07, 6.45) is 0. The Hall–Kier alpha value is -2.13. The fourth-order valence-electron chi connectivity index (χ4n) is 1.93. The number of halogens is 1. The maximum atomic E-state index is 12.6. The molecule has 23 heavy (non-hydrogen) atoms. The van der Waals surface area contributed by atoms with Gasteiger partial charge in [-0.05, 0) is 36.8 Å². The third-order valence-electron chi connectivity index (χ3n) is 3.08. The first kappa shape index (κ1) is 17.2. The first-order valence-electron chi connectivity index (χ1n) is 6.36. The van der Waals surface area contributed by atoms with Crippen LogP contribution in [0.4, 0.5) is 11.4 Å². The molecule has 0 bridgehead atoms. The molecule has 2 aromatic carbocycles. The molecule has 0 aromatic heterocycles. The van der Waals surface area contributed by atoms with Crippen LogP contribution in [-0.2, 0) is 10.0 Å². The van der Waals surface area contributed by atoms with Gasteiger partial charge < -0.3 is 4.74 Å².